The fraction of sp³-hybridized carbons (Fsp3) is 0.929. The summed E-state index contributed by atoms with van der Waals surface area (Å²) in [6, 6.07) is 0.581. The van der Waals surface area contributed by atoms with E-state index >= 15 is 0 Å². The number of carbonyl (C=O) groups is 1. The number of rotatable bonds is 5. The summed E-state index contributed by atoms with van der Waals surface area (Å²) >= 11 is 0. The summed E-state index contributed by atoms with van der Waals surface area (Å²) in [6.45, 7) is 8.00. The molecule has 0 aliphatic carbocycles. The van der Waals surface area contributed by atoms with Gasteiger partial charge in [-0.3, -0.25) is 9.69 Å². The summed E-state index contributed by atoms with van der Waals surface area (Å²) in [4.78, 5) is 16.8. The number of piperazine rings is 1. The molecule has 0 aromatic heterocycles. The second kappa shape index (κ2) is 7.22. The SMILES string of the molecule is CCC(CCN)N1CCN(C(=O)C2CCOC2)CC1. The summed E-state index contributed by atoms with van der Waals surface area (Å²) in [5.41, 5.74) is 5.66. The molecule has 0 bridgehead atoms. The second-order valence-corrected chi connectivity index (χ2v) is 5.56. The van der Waals surface area contributed by atoms with Crippen LogP contribution < -0.4 is 5.73 Å². The lowest BCUT2D eigenvalue weighted by Crippen LogP contribution is -2.53. The lowest BCUT2D eigenvalue weighted by Gasteiger charge is -2.39. The van der Waals surface area contributed by atoms with E-state index in [1.807, 2.05) is 4.90 Å². The Hall–Kier alpha value is -0.650. The standard InChI is InChI=1S/C14H27N3O2/c1-2-13(3-5-15)16-6-8-17(9-7-16)14(18)12-4-10-19-11-12/h12-13H,2-11,15H2,1H3. The number of carbonyl (C=O) groups excluding carboxylic acids is 1. The van der Waals surface area contributed by atoms with Gasteiger partial charge in [0.1, 0.15) is 0 Å². The molecule has 0 radical (unpaired) electrons. The van der Waals surface area contributed by atoms with Crippen LogP contribution in [-0.2, 0) is 9.53 Å². The molecule has 2 saturated heterocycles. The number of hydrogen-bond donors (Lipinski definition) is 1. The summed E-state index contributed by atoms with van der Waals surface area (Å²) < 4.78 is 5.31. The molecular formula is C14H27N3O2. The second-order valence-electron chi connectivity index (χ2n) is 5.56. The van der Waals surface area contributed by atoms with E-state index in [-0.39, 0.29) is 5.92 Å². The normalized spacial score (nSPS) is 26.6. The molecule has 5 heteroatoms. The molecule has 0 saturated carbocycles. The maximum atomic E-state index is 12.3. The first kappa shape index (κ1) is 14.8. The molecule has 2 heterocycles. The fourth-order valence-corrected chi connectivity index (χ4v) is 3.13. The highest BCUT2D eigenvalue weighted by Gasteiger charge is 2.31. The number of hydrogen-bond acceptors (Lipinski definition) is 4. The molecule has 2 N–H and O–H groups in total. The van der Waals surface area contributed by atoms with Crippen LogP contribution in [0.25, 0.3) is 0 Å². The monoisotopic (exact) mass is 269 g/mol. The van der Waals surface area contributed by atoms with Crippen molar-refractivity contribution < 1.29 is 9.53 Å². The summed E-state index contributed by atoms with van der Waals surface area (Å²) in [5.74, 6) is 0.404. The maximum Gasteiger partial charge on any atom is 0.228 e. The molecule has 2 unspecified atom stereocenters. The van der Waals surface area contributed by atoms with Gasteiger partial charge in [-0.25, -0.2) is 0 Å². The summed E-state index contributed by atoms with van der Waals surface area (Å²) in [5, 5.41) is 0. The molecule has 2 fully saturated rings. The van der Waals surface area contributed by atoms with Gasteiger partial charge in [0.05, 0.1) is 12.5 Å². The van der Waals surface area contributed by atoms with Crippen LogP contribution in [0.2, 0.25) is 0 Å². The van der Waals surface area contributed by atoms with Crippen molar-refractivity contribution in [2.45, 2.75) is 32.2 Å². The van der Waals surface area contributed by atoms with Gasteiger partial charge >= 0.3 is 0 Å². The van der Waals surface area contributed by atoms with Crippen LogP contribution in [0.1, 0.15) is 26.2 Å². The Balaban J connectivity index is 1.79. The Kier molecular flexibility index (Phi) is 5.60. The lowest BCUT2D eigenvalue weighted by atomic mass is 10.1. The fourth-order valence-electron chi connectivity index (χ4n) is 3.13. The van der Waals surface area contributed by atoms with Crippen molar-refractivity contribution in [1.29, 1.82) is 0 Å². The molecule has 2 rings (SSSR count). The Morgan fingerprint density at radius 2 is 2.11 bits per heavy atom. The van der Waals surface area contributed by atoms with E-state index in [0.29, 0.717) is 18.6 Å². The maximum absolute atomic E-state index is 12.3. The minimum atomic E-state index is 0.109. The zero-order valence-corrected chi connectivity index (χ0v) is 12.0. The molecule has 2 atom stereocenters. The number of amides is 1. The van der Waals surface area contributed by atoms with Crippen LogP contribution in [-0.4, -0.2) is 67.7 Å². The van der Waals surface area contributed by atoms with Gasteiger partial charge in [-0.1, -0.05) is 6.92 Å². The van der Waals surface area contributed by atoms with Crippen molar-refractivity contribution >= 4 is 5.91 Å². The van der Waals surface area contributed by atoms with Crippen LogP contribution in [0.5, 0.6) is 0 Å². The minimum Gasteiger partial charge on any atom is -0.381 e. The predicted octanol–water partition coefficient (Wildman–Crippen LogP) is 0.295. The van der Waals surface area contributed by atoms with Crippen molar-refractivity contribution in [2.24, 2.45) is 11.7 Å². The van der Waals surface area contributed by atoms with Gasteiger partial charge in [0.15, 0.2) is 0 Å². The summed E-state index contributed by atoms with van der Waals surface area (Å²) in [7, 11) is 0. The lowest BCUT2D eigenvalue weighted by molar-refractivity contribution is -0.137. The zero-order valence-electron chi connectivity index (χ0n) is 12.0. The Morgan fingerprint density at radius 3 is 2.63 bits per heavy atom. The molecule has 0 aromatic rings. The molecule has 1 amide bonds. The van der Waals surface area contributed by atoms with Gasteiger partial charge in [-0.15, -0.1) is 0 Å². The van der Waals surface area contributed by atoms with Crippen LogP contribution in [0, 0.1) is 5.92 Å². The van der Waals surface area contributed by atoms with Gasteiger partial charge in [-0.2, -0.15) is 0 Å². The topological polar surface area (TPSA) is 58.8 Å². The first-order valence-corrected chi connectivity index (χ1v) is 7.57. The van der Waals surface area contributed by atoms with Crippen LogP contribution in [0.15, 0.2) is 0 Å². The van der Waals surface area contributed by atoms with Gasteiger partial charge in [-0.05, 0) is 25.8 Å². The molecule has 0 aromatic carbocycles. The molecule has 0 spiro atoms. The van der Waals surface area contributed by atoms with Crippen molar-refractivity contribution in [3.8, 4) is 0 Å². The van der Waals surface area contributed by atoms with E-state index < -0.39 is 0 Å². The van der Waals surface area contributed by atoms with Crippen LogP contribution in [0.4, 0.5) is 0 Å². The number of ether oxygens (including phenoxy) is 1. The van der Waals surface area contributed by atoms with Crippen molar-refractivity contribution in [1.82, 2.24) is 9.80 Å². The largest absolute Gasteiger partial charge is 0.381 e. The van der Waals surface area contributed by atoms with E-state index in [0.717, 1.165) is 58.6 Å². The third-order valence-corrected chi connectivity index (χ3v) is 4.39. The smallest absolute Gasteiger partial charge is 0.228 e. The molecular weight excluding hydrogens is 242 g/mol. The Bertz CT molecular complexity index is 284. The minimum absolute atomic E-state index is 0.109. The molecule has 19 heavy (non-hydrogen) atoms. The highest BCUT2D eigenvalue weighted by Crippen LogP contribution is 2.18. The number of nitrogens with zero attached hydrogens (tertiary/aromatic N) is 2. The van der Waals surface area contributed by atoms with Crippen LogP contribution >= 0.6 is 0 Å². The van der Waals surface area contributed by atoms with Gasteiger partial charge < -0.3 is 15.4 Å². The van der Waals surface area contributed by atoms with E-state index in [4.69, 9.17) is 10.5 Å². The van der Waals surface area contributed by atoms with E-state index in [9.17, 15) is 4.79 Å². The first-order valence-electron chi connectivity index (χ1n) is 7.57. The van der Waals surface area contributed by atoms with Gasteiger partial charge in [0.25, 0.3) is 0 Å². The van der Waals surface area contributed by atoms with Crippen molar-refractivity contribution in [3.05, 3.63) is 0 Å². The van der Waals surface area contributed by atoms with Gasteiger partial charge in [0.2, 0.25) is 5.91 Å². The van der Waals surface area contributed by atoms with Crippen LogP contribution in [0.3, 0.4) is 0 Å². The molecule has 2 aliphatic rings. The predicted molar refractivity (Wildman–Crippen MR) is 74.8 cm³/mol. The first-order chi connectivity index (χ1) is 9.26. The quantitative estimate of drug-likeness (QED) is 0.779. The molecule has 5 nitrogen and oxygen atoms in total. The highest BCUT2D eigenvalue weighted by atomic mass is 16.5. The number of nitrogens with two attached hydrogens (primary N) is 1. The van der Waals surface area contributed by atoms with E-state index in [1.54, 1.807) is 0 Å². The Morgan fingerprint density at radius 1 is 1.37 bits per heavy atom. The Labute approximate surface area is 116 Å². The van der Waals surface area contributed by atoms with Gasteiger partial charge in [0, 0.05) is 38.8 Å². The van der Waals surface area contributed by atoms with Crippen molar-refractivity contribution in [3.63, 3.8) is 0 Å². The third kappa shape index (κ3) is 3.68. The summed E-state index contributed by atoms with van der Waals surface area (Å²) in [6.07, 6.45) is 3.09. The zero-order chi connectivity index (χ0) is 13.7. The van der Waals surface area contributed by atoms with E-state index in [2.05, 4.69) is 11.8 Å². The average molecular weight is 269 g/mol. The van der Waals surface area contributed by atoms with E-state index in [1.165, 1.54) is 0 Å². The highest BCUT2D eigenvalue weighted by molar-refractivity contribution is 5.79. The van der Waals surface area contributed by atoms with Crippen molar-refractivity contribution in [2.75, 3.05) is 45.9 Å². The average Bonchev–Trinajstić information content (AvgIpc) is 2.98. The molecule has 2 aliphatic heterocycles. The molecule has 110 valence electrons. The third-order valence-electron chi connectivity index (χ3n) is 4.39.